The molecule has 1 heterocycles. The highest BCUT2D eigenvalue weighted by Crippen LogP contribution is 2.30. The summed E-state index contributed by atoms with van der Waals surface area (Å²) in [6.45, 7) is 0. The monoisotopic (exact) mass is 297 g/mol. The van der Waals surface area contributed by atoms with Crippen molar-refractivity contribution < 1.29 is 4.39 Å². The summed E-state index contributed by atoms with van der Waals surface area (Å²) < 4.78 is 15.5. The van der Waals surface area contributed by atoms with Gasteiger partial charge >= 0.3 is 0 Å². The molecule has 0 unspecified atom stereocenters. The Balaban J connectivity index is 2.09. The topological polar surface area (TPSA) is 49.6 Å². The molecule has 92 valence electrons. The Morgan fingerprint density at radius 3 is 2.83 bits per heavy atom. The SMILES string of the molecule is CSc1nnc(SCc2cccc(C#N)c2F)s1. The van der Waals surface area contributed by atoms with E-state index in [0.717, 1.165) is 8.68 Å². The van der Waals surface area contributed by atoms with Crippen molar-refractivity contribution in [2.24, 2.45) is 0 Å². The van der Waals surface area contributed by atoms with Crippen molar-refractivity contribution in [2.75, 3.05) is 6.26 Å². The number of halogens is 1. The molecule has 0 spiro atoms. The quantitative estimate of drug-likeness (QED) is 0.808. The minimum atomic E-state index is -0.442. The van der Waals surface area contributed by atoms with Crippen LogP contribution in [-0.4, -0.2) is 16.5 Å². The van der Waals surface area contributed by atoms with Crippen LogP contribution in [0.1, 0.15) is 11.1 Å². The first-order valence-corrected chi connectivity index (χ1v) is 7.95. The van der Waals surface area contributed by atoms with E-state index in [4.69, 9.17) is 5.26 Å². The maximum absolute atomic E-state index is 13.8. The first-order chi connectivity index (χ1) is 8.74. The summed E-state index contributed by atoms with van der Waals surface area (Å²) in [6.07, 6.45) is 1.94. The van der Waals surface area contributed by atoms with Crippen LogP contribution in [0.2, 0.25) is 0 Å². The van der Waals surface area contributed by atoms with E-state index in [2.05, 4.69) is 10.2 Å². The number of thioether (sulfide) groups is 2. The highest BCUT2D eigenvalue weighted by molar-refractivity contribution is 8.02. The molecule has 7 heteroatoms. The number of nitriles is 1. The second-order valence-corrected chi connectivity index (χ2v) is 6.47. The number of aromatic nitrogens is 2. The van der Waals surface area contributed by atoms with Crippen LogP contribution in [-0.2, 0) is 5.75 Å². The predicted octanol–water partition coefficient (Wildman–Crippen LogP) is 3.56. The first kappa shape index (κ1) is 13.3. The van der Waals surface area contributed by atoms with Gasteiger partial charge in [0, 0.05) is 5.75 Å². The third kappa shape index (κ3) is 3.02. The van der Waals surface area contributed by atoms with Gasteiger partial charge in [0.05, 0.1) is 5.56 Å². The van der Waals surface area contributed by atoms with Gasteiger partial charge in [-0.25, -0.2) is 4.39 Å². The molecule has 0 aliphatic rings. The van der Waals surface area contributed by atoms with E-state index >= 15 is 0 Å². The van der Waals surface area contributed by atoms with Gasteiger partial charge in [-0.15, -0.1) is 10.2 Å². The van der Waals surface area contributed by atoms with Gasteiger partial charge in [0.15, 0.2) is 8.68 Å². The first-order valence-electron chi connectivity index (χ1n) is 4.92. The predicted molar refractivity (Wildman–Crippen MR) is 72.4 cm³/mol. The molecule has 0 saturated heterocycles. The minimum absolute atomic E-state index is 0.0789. The van der Waals surface area contributed by atoms with Gasteiger partial charge in [-0.1, -0.05) is 47.0 Å². The molecule has 18 heavy (non-hydrogen) atoms. The van der Waals surface area contributed by atoms with Crippen LogP contribution in [0.25, 0.3) is 0 Å². The Kier molecular flexibility index (Phi) is 4.58. The van der Waals surface area contributed by atoms with Gasteiger partial charge in [0.25, 0.3) is 0 Å². The van der Waals surface area contributed by atoms with Crippen molar-refractivity contribution in [2.45, 2.75) is 14.4 Å². The van der Waals surface area contributed by atoms with Crippen molar-refractivity contribution in [1.29, 1.82) is 5.26 Å². The van der Waals surface area contributed by atoms with Crippen LogP contribution in [0, 0.1) is 17.1 Å². The summed E-state index contributed by atoms with van der Waals surface area (Å²) in [4.78, 5) is 0. The number of rotatable bonds is 4. The van der Waals surface area contributed by atoms with Gasteiger partial charge in [-0.2, -0.15) is 5.26 Å². The zero-order chi connectivity index (χ0) is 13.0. The summed E-state index contributed by atoms with van der Waals surface area (Å²) in [5.41, 5.74) is 0.593. The van der Waals surface area contributed by atoms with Crippen molar-refractivity contribution >= 4 is 34.9 Å². The maximum Gasteiger partial charge on any atom is 0.175 e. The number of benzene rings is 1. The van der Waals surface area contributed by atoms with Crippen LogP contribution in [0.15, 0.2) is 26.9 Å². The van der Waals surface area contributed by atoms with Crippen molar-refractivity contribution in [3.8, 4) is 6.07 Å². The van der Waals surface area contributed by atoms with E-state index in [9.17, 15) is 4.39 Å². The summed E-state index contributed by atoms with van der Waals surface area (Å²) in [5.74, 6) is 0.00628. The van der Waals surface area contributed by atoms with Gasteiger partial charge < -0.3 is 0 Å². The molecule has 0 fully saturated rings. The van der Waals surface area contributed by atoms with Gasteiger partial charge in [-0.05, 0) is 17.9 Å². The third-order valence-electron chi connectivity index (χ3n) is 2.11. The van der Waals surface area contributed by atoms with Crippen LogP contribution >= 0.6 is 34.9 Å². The highest BCUT2D eigenvalue weighted by atomic mass is 32.2. The fourth-order valence-electron chi connectivity index (χ4n) is 1.26. The van der Waals surface area contributed by atoms with E-state index in [1.54, 1.807) is 12.1 Å². The van der Waals surface area contributed by atoms with Gasteiger partial charge in [-0.3, -0.25) is 0 Å². The molecule has 3 nitrogen and oxygen atoms in total. The summed E-state index contributed by atoms with van der Waals surface area (Å²) >= 11 is 4.44. The minimum Gasteiger partial charge on any atom is -0.205 e. The standard InChI is InChI=1S/C11H8FN3S3/c1-16-10-14-15-11(18-10)17-6-8-4-2-3-7(5-13)9(8)12/h2-4H,6H2,1H3. The lowest BCUT2D eigenvalue weighted by molar-refractivity contribution is 0.613. The van der Waals surface area contributed by atoms with E-state index in [1.807, 2.05) is 12.3 Å². The lowest BCUT2D eigenvalue weighted by atomic mass is 10.1. The average Bonchev–Trinajstić information content (AvgIpc) is 2.85. The fraction of sp³-hybridized carbons (Fsp3) is 0.182. The van der Waals surface area contributed by atoms with Gasteiger partial charge in [0.1, 0.15) is 11.9 Å². The van der Waals surface area contributed by atoms with Gasteiger partial charge in [0.2, 0.25) is 0 Å². The molecule has 2 rings (SSSR count). The molecule has 0 atom stereocenters. The Morgan fingerprint density at radius 2 is 2.17 bits per heavy atom. The summed E-state index contributed by atoms with van der Waals surface area (Å²) in [5, 5.41) is 16.7. The molecule has 0 N–H and O–H groups in total. The lowest BCUT2D eigenvalue weighted by Gasteiger charge is -2.01. The molecular weight excluding hydrogens is 289 g/mol. The van der Waals surface area contributed by atoms with Crippen LogP contribution in [0.4, 0.5) is 4.39 Å². The van der Waals surface area contributed by atoms with Crippen molar-refractivity contribution in [3.05, 3.63) is 35.1 Å². The lowest BCUT2D eigenvalue weighted by Crippen LogP contribution is -1.91. The molecule has 1 aromatic carbocycles. The van der Waals surface area contributed by atoms with E-state index < -0.39 is 5.82 Å². The molecule has 1 aromatic heterocycles. The smallest absolute Gasteiger partial charge is 0.175 e. The van der Waals surface area contributed by atoms with E-state index in [-0.39, 0.29) is 5.56 Å². The molecule has 0 radical (unpaired) electrons. The third-order valence-corrected chi connectivity index (χ3v) is 5.19. The second kappa shape index (κ2) is 6.18. The Labute approximate surface area is 116 Å². The average molecular weight is 297 g/mol. The fourth-order valence-corrected chi connectivity index (χ4v) is 3.67. The zero-order valence-electron chi connectivity index (χ0n) is 9.38. The molecule has 0 saturated carbocycles. The molecular formula is C11H8FN3S3. The van der Waals surface area contributed by atoms with Crippen molar-refractivity contribution in [1.82, 2.24) is 10.2 Å². The van der Waals surface area contributed by atoms with Crippen LogP contribution in [0.3, 0.4) is 0 Å². The normalized spacial score (nSPS) is 10.3. The van der Waals surface area contributed by atoms with E-state index in [0.29, 0.717) is 11.3 Å². The Hall–Kier alpha value is -1.10. The molecule has 0 aliphatic carbocycles. The molecule has 0 aliphatic heterocycles. The van der Waals surface area contributed by atoms with Crippen LogP contribution in [0.5, 0.6) is 0 Å². The second-order valence-electron chi connectivity index (χ2n) is 3.22. The molecule has 2 aromatic rings. The molecule has 0 amide bonds. The van der Waals surface area contributed by atoms with Crippen molar-refractivity contribution in [3.63, 3.8) is 0 Å². The summed E-state index contributed by atoms with van der Waals surface area (Å²) in [6, 6.07) is 6.67. The largest absolute Gasteiger partial charge is 0.205 e. The zero-order valence-corrected chi connectivity index (χ0v) is 11.8. The number of hydrogen-bond acceptors (Lipinski definition) is 6. The van der Waals surface area contributed by atoms with Crippen LogP contribution < -0.4 is 0 Å². The maximum atomic E-state index is 13.8. The Bertz CT molecular complexity index is 591. The van der Waals surface area contributed by atoms with E-state index in [1.165, 1.54) is 40.9 Å². The Morgan fingerprint density at radius 1 is 1.39 bits per heavy atom. The molecule has 0 bridgehead atoms. The highest BCUT2D eigenvalue weighted by Gasteiger charge is 2.09. The number of hydrogen-bond donors (Lipinski definition) is 0. The number of nitrogens with zero attached hydrogens (tertiary/aromatic N) is 3. The summed E-state index contributed by atoms with van der Waals surface area (Å²) in [7, 11) is 0.